The zero-order valence-electron chi connectivity index (χ0n) is 11.7. The van der Waals surface area contributed by atoms with E-state index in [0.717, 1.165) is 25.2 Å². The number of pyridine rings is 2. The van der Waals surface area contributed by atoms with E-state index >= 15 is 0 Å². The van der Waals surface area contributed by atoms with Crippen molar-refractivity contribution < 1.29 is 4.79 Å². The predicted molar refractivity (Wildman–Crippen MR) is 82.9 cm³/mol. The number of nitrogens with one attached hydrogen (secondary N) is 2. The molecule has 2 heterocycles. The van der Waals surface area contributed by atoms with Gasteiger partial charge in [0.15, 0.2) is 0 Å². The molecule has 1 amide bonds. The maximum Gasteiger partial charge on any atom is 0.251 e. The molecule has 4 N–H and O–H groups in total. The van der Waals surface area contributed by atoms with Crippen LogP contribution in [0.25, 0.3) is 0 Å². The van der Waals surface area contributed by atoms with Gasteiger partial charge in [-0.15, -0.1) is 0 Å². The normalized spacial score (nSPS) is 10.1. The molecule has 0 aliphatic rings. The van der Waals surface area contributed by atoms with Gasteiger partial charge in [0.05, 0.1) is 11.9 Å². The number of anilines is 2. The highest BCUT2D eigenvalue weighted by Crippen LogP contribution is 2.05. The topological polar surface area (TPSA) is 92.9 Å². The summed E-state index contributed by atoms with van der Waals surface area (Å²) >= 11 is 0. The largest absolute Gasteiger partial charge is 0.397 e. The zero-order valence-corrected chi connectivity index (χ0v) is 11.7. The monoisotopic (exact) mass is 285 g/mol. The first kappa shape index (κ1) is 14.8. The number of unbranched alkanes of at least 4 members (excludes halogenated alkanes) is 1. The highest BCUT2D eigenvalue weighted by Gasteiger charge is 2.02. The van der Waals surface area contributed by atoms with Gasteiger partial charge in [-0.3, -0.25) is 9.78 Å². The van der Waals surface area contributed by atoms with Crippen LogP contribution in [0.1, 0.15) is 23.2 Å². The summed E-state index contributed by atoms with van der Waals surface area (Å²) in [5, 5.41) is 6.08. The average Bonchev–Trinajstić information content (AvgIpc) is 2.53. The number of amides is 1. The van der Waals surface area contributed by atoms with Gasteiger partial charge in [0.25, 0.3) is 5.91 Å². The number of nitrogens with zero attached hydrogens (tertiary/aromatic N) is 2. The van der Waals surface area contributed by atoms with Gasteiger partial charge in [0.1, 0.15) is 5.82 Å². The number of rotatable bonds is 7. The van der Waals surface area contributed by atoms with Gasteiger partial charge in [0, 0.05) is 31.0 Å². The van der Waals surface area contributed by atoms with Gasteiger partial charge < -0.3 is 16.4 Å². The Bertz CT molecular complexity index is 556. The third-order valence-corrected chi connectivity index (χ3v) is 2.92. The molecule has 0 saturated carbocycles. The number of hydrogen-bond donors (Lipinski definition) is 3. The summed E-state index contributed by atoms with van der Waals surface area (Å²) in [4.78, 5) is 19.8. The minimum absolute atomic E-state index is 0.0643. The van der Waals surface area contributed by atoms with E-state index in [1.54, 1.807) is 30.7 Å². The second-order valence-electron chi connectivity index (χ2n) is 4.60. The Balaban J connectivity index is 1.58. The van der Waals surface area contributed by atoms with Gasteiger partial charge in [0.2, 0.25) is 0 Å². The fraction of sp³-hybridized carbons (Fsp3) is 0.267. The van der Waals surface area contributed by atoms with Gasteiger partial charge >= 0.3 is 0 Å². The molecule has 0 aliphatic carbocycles. The lowest BCUT2D eigenvalue weighted by atomic mass is 10.2. The van der Waals surface area contributed by atoms with Crippen LogP contribution in [0.15, 0.2) is 42.9 Å². The van der Waals surface area contributed by atoms with Crippen LogP contribution >= 0.6 is 0 Å². The number of aromatic nitrogens is 2. The Kier molecular flexibility index (Phi) is 5.51. The molecule has 0 bridgehead atoms. The summed E-state index contributed by atoms with van der Waals surface area (Å²) < 4.78 is 0. The molecule has 110 valence electrons. The Morgan fingerprint density at radius 3 is 2.57 bits per heavy atom. The number of hydrogen-bond acceptors (Lipinski definition) is 5. The summed E-state index contributed by atoms with van der Waals surface area (Å²) in [7, 11) is 0. The van der Waals surface area contributed by atoms with Gasteiger partial charge in [-0.1, -0.05) is 0 Å². The molecule has 2 aromatic rings. The lowest BCUT2D eigenvalue weighted by molar-refractivity contribution is 0.0953. The van der Waals surface area contributed by atoms with Crippen molar-refractivity contribution in [1.82, 2.24) is 15.3 Å². The van der Waals surface area contributed by atoms with E-state index in [-0.39, 0.29) is 5.91 Å². The van der Waals surface area contributed by atoms with Crippen LogP contribution in [0, 0.1) is 0 Å². The Hall–Kier alpha value is -2.63. The molecule has 0 spiro atoms. The highest BCUT2D eigenvalue weighted by atomic mass is 16.1. The van der Waals surface area contributed by atoms with Crippen molar-refractivity contribution in [2.24, 2.45) is 0 Å². The highest BCUT2D eigenvalue weighted by molar-refractivity contribution is 5.93. The molecule has 0 aliphatic heterocycles. The molecular formula is C15H19N5O. The average molecular weight is 285 g/mol. The maximum atomic E-state index is 11.8. The molecule has 0 saturated heterocycles. The first-order valence-corrected chi connectivity index (χ1v) is 6.89. The van der Waals surface area contributed by atoms with Crippen molar-refractivity contribution in [1.29, 1.82) is 0 Å². The fourth-order valence-electron chi connectivity index (χ4n) is 1.78. The molecule has 0 fully saturated rings. The summed E-state index contributed by atoms with van der Waals surface area (Å²) in [6.07, 6.45) is 6.69. The molecule has 0 unspecified atom stereocenters. The molecule has 0 radical (unpaired) electrons. The fourth-order valence-corrected chi connectivity index (χ4v) is 1.78. The maximum absolute atomic E-state index is 11.8. The molecule has 6 nitrogen and oxygen atoms in total. The quantitative estimate of drug-likeness (QED) is 0.673. The van der Waals surface area contributed by atoms with Crippen LogP contribution in [0.3, 0.4) is 0 Å². The second-order valence-corrected chi connectivity index (χ2v) is 4.60. The minimum atomic E-state index is -0.0643. The van der Waals surface area contributed by atoms with Gasteiger partial charge in [-0.05, 0) is 37.1 Å². The Labute approximate surface area is 123 Å². The second kappa shape index (κ2) is 7.84. The van der Waals surface area contributed by atoms with Crippen LogP contribution in [-0.2, 0) is 0 Å². The van der Waals surface area contributed by atoms with Crippen LogP contribution in [0.5, 0.6) is 0 Å². The SMILES string of the molecule is Nc1ccc(NCCCCNC(=O)c2ccncc2)nc1. The van der Waals surface area contributed by atoms with E-state index in [0.29, 0.717) is 17.8 Å². The molecule has 6 heteroatoms. The number of carbonyl (C=O) groups excluding carboxylic acids is 1. The van der Waals surface area contributed by atoms with Crippen molar-refractivity contribution in [3.63, 3.8) is 0 Å². The van der Waals surface area contributed by atoms with Crippen LogP contribution in [0.2, 0.25) is 0 Å². The molecule has 2 aromatic heterocycles. The Morgan fingerprint density at radius 2 is 1.86 bits per heavy atom. The smallest absolute Gasteiger partial charge is 0.251 e. The van der Waals surface area contributed by atoms with Crippen molar-refractivity contribution >= 4 is 17.4 Å². The van der Waals surface area contributed by atoms with Crippen LogP contribution in [0.4, 0.5) is 11.5 Å². The van der Waals surface area contributed by atoms with Crippen LogP contribution in [-0.4, -0.2) is 29.0 Å². The molecule has 2 rings (SSSR count). The first-order valence-electron chi connectivity index (χ1n) is 6.89. The molecule has 0 atom stereocenters. The minimum Gasteiger partial charge on any atom is -0.397 e. The van der Waals surface area contributed by atoms with Crippen molar-refractivity contribution in [3.05, 3.63) is 48.4 Å². The van der Waals surface area contributed by atoms with E-state index in [1.807, 2.05) is 12.1 Å². The third kappa shape index (κ3) is 5.10. The Morgan fingerprint density at radius 1 is 1.10 bits per heavy atom. The first-order chi connectivity index (χ1) is 10.3. The van der Waals surface area contributed by atoms with E-state index in [4.69, 9.17) is 5.73 Å². The van der Waals surface area contributed by atoms with E-state index in [2.05, 4.69) is 20.6 Å². The number of carbonyl (C=O) groups is 1. The van der Waals surface area contributed by atoms with Gasteiger partial charge in [-0.2, -0.15) is 0 Å². The third-order valence-electron chi connectivity index (χ3n) is 2.92. The molecule has 0 aromatic carbocycles. The summed E-state index contributed by atoms with van der Waals surface area (Å²) in [5.41, 5.74) is 6.85. The number of nitrogen functional groups attached to an aromatic ring is 1. The summed E-state index contributed by atoms with van der Waals surface area (Å²) in [6, 6.07) is 7.05. The zero-order chi connectivity index (χ0) is 14.9. The number of nitrogens with two attached hydrogens (primary N) is 1. The van der Waals surface area contributed by atoms with Crippen molar-refractivity contribution in [2.45, 2.75) is 12.8 Å². The van der Waals surface area contributed by atoms with Crippen molar-refractivity contribution in [2.75, 3.05) is 24.1 Å². The van der Waals surface area contributed by atoms with Crippen LogP contribution < -0.4 is 16.4 Å². The lowest BCUT2D eigenvalue weighted by Crippen LogP contribution is -2.24. The van der Waals surface area contributed by atoms with Gasteiger partial charge in [-0.25, -0.2) is 4.98 Å². The van der Waals surface area contributed by atoms with E-state index in [9.17, 15) is 4.79 Å². The molecular weight excluding hydrogens is 266 g/mol. The van der Waals surface area contributed by atoms with E-state index in [1.165, 1.54) is 0 Å². The predicted octanol–water partition coefficient (Wildman–Crippen LogP) is 1.68. The van der Waals surface area contributed by atoms with E-state index < -0.39 is 0 Å². The summed E-state index contributed by atoms with van der Waals surface area (Å²) in [6.45, 7) is 1.46. The standard InChI is InChI=1S/C15H19N5O/c16-13-3-4-14(20-11-13)18-7-1-2-8-19-15(21)12-5-9-17-10-6-12/h3-6,9-11H,1-2,7-8,16H2,(H,18,20)(H,19,21). The summed E-state index contributed by atoms with van der Waals surface area (Å²) in [5.74, 6) is 0.746. The molecule has 21 heavy (non-hydrogen) atoms. The van der Waals surface area contributed by atoms with Crippen molar-refractivity contribution in [3.8, 4) is 0 Å². The lowest BCUT2D eigenvalue weighted by Gasteiger charge is -2.07.